The molecule has 0 aliphatic heterocycles. The second-order valence-electron chi connectivity index (χ2n) is 6.82. The molecular weight excluding hydrogens is 368 g/mol. The molecular formula is C21H28N6S. The lowest BCUT2D eigenvalue weighted by molar-refractivity contribution is 0.793. The lowest BCUT2D eigenvalue weighted by Crippen LogP contribution is -2.38. The van der Waals surface area contributed by atoms with Crippen molar-refractivity contribution in [2.45, 2.75) is 39.7 Å². The van der Waals surface area contributed by atoms with Gasteiger partial charge in [0.25, 0.3) is 0 Å². The Bertz CT molecular complexity index is 881. The number of benzene rings is 1. The highest BCUT2D eigenvalue weighted by Crippen LogP contribution is 2.18. The second kappa shape index (κ2) is 10.0. The maximum atomic E-state index is 4.66. The lowest BCUT2D eigenvalue weighted by Gasteiger charge is -2.10. The van der Waals surface area contributed by atoms with E-state index in [4.69, 9.17) is 0 Å². The number of nitrogens with zero attached hydrogens (tertiary/aromatic N) is 4. The zero-order valence-corrected chi connectivity index (χ0v) is 17.5. The summed E-state index contributed by atoms with van der Waals surface area (Å²) in [5.74, 6) is 1.27. The highest BCUT2D eigenvalue weighted by molar-refractivity contribution is 7.09. The summed E-state index contributed by atoms with van der Waals surface area (Å²) >= 11 is 1.67. The predicted octanol–water partition coefficient (Wildman–Crippen LogP) is 3.75. The maximum Gasteiger partial charge on any atom is 0.191 e. The number of hydrogen-bond donors (Lipinski definition) is 2. The number of aromatic nitrogens is 3. The van der Waals surface area contributed by atoms with E-state index in [2.05, 4.69) is 58.1 Å². The summed E-state index contributed by atoms with van der Waals surface area (Å²) in [6.07, 6.45) is 4.87. The van der Waals surface area contributed by atoms with E-state index in [0.29, 0.717) is 12.5 Å². The molecule has 0 bridgehead atoms. The Kier molecular flexibility index (Phi) is 7.19. The molecule has 28 heavy (non-hydrogen) atoms. The van der Waals surface area contributed by atoms with Gasteiger partial charge in [0, 0.05) is 24.7 Å². The minimum Gasteiger partial charge on any atom is -0.357 e. The van der Waals surface area contributed by atoms with Crippen molar-refractivity contribution in [3.05, 3.63) is 64.4 Å². The molecule has 7 heteroatoms. The highest BCUT2D eigenvalue weighted by atomic mass is 32.1. The molecule has 0 saturated heterocycles. The number of nitrogens with one attached hydrogen (secondary N) is 2. The third-order valence-corrected chi connectivity index (χ3v) is 5.09. The van der Waals surface area contributed by atoms with Crippen molar-refractivity contribution in [3.8, 4) is 5.69 Å². The van der Waals surface area contributed by atoms with E-state index in [9.17, 15) is 0 Å². The Hall–Kier alpha value is -2.67. The Labute approximate surface area is 170 Å². The van der Waals surface area contributed by atoms with E-state index < -0.39 is 0 Å². The predicted molar refractivity (Wildman–Crippen MR) is 116 cm³/mol. The molecule has 6 nitrogen and oxygen atoms in total. The third kappa shape index (κ3) is 5.66. The molecule has 3 rings (SSSR count). The first-order valence-corrected chi connectivity index (χ1v) is 10.6. The van der Waals surface area contributed by atoms with E-state index in [1.807, 2.05) is 41.2 Å². The zero-order chi connectivity index (χ0) is 19.8. The van der Waals surface area contributed by atoms with Gasteiger partial charge in [0.1, 0.15) is 5.01 Å². The van der Waals surface area contributed by atoms with Crippen LogP contribution in [0.3, 0.4) is 0 Å². The first-order chi connectivity index (χ1) is 13.7. The first kappa shape index (κ1) is 20.1. The van der Waals surface area contributed by atoms with Crippen LogP contribution in [-0.4, -0.2) is 33.8 Å². The third-order valence-electron chi connectivity index (χ3n) is 4.24. The van der Waals surface area contributed by atoms with Crippen LogP contribution in [0.4, 0.5) is 0 Å². The molecule has 0 fully saturated rings. The van der Waals surface area contributed by atoms with Crippen molar-refractivity contribution in [2.24, 2.45) is 4.99 Å². The molecule has 2 N–H and O–H groups in total. The molecule has 3 aromatic rings. The quantitative estimate of drug-likeness (QED) is 0.449. The van der Waals surface area contributed by atoms with Crippen LogP contribution in [-0.2, 0) is 13.0 Å². The van der Waals surface area contributed by atoms with Crippen LogP contribution < -0.4 is 10.6 Å². The summed E-state index contributed by atoms with van der Waals surface area (Å²) in [5, 5.41) is 14.3. The fourth-order valence-corrected chi connectivity index (χ4v) is 3.57. The first-order valence-electron chi connectivity index (χ1n) is 9.71. The van der Waals surface area contributed by atoms with Crippen LogP contribution in [0.25, 0.3) is 5.69 Å². The molecule has 0 saturated carbocycles. The minimum atomic E-state index is 0.456. The van der Waals surface area contributed by atoms with E-state index in [1.165, 1.54) is 5.56 Å². The molecule has 0 amide bonds. The van der Waals surface area contributed by atoms with E-state index in [-0.39, 0.29) is 0 Å². The van der Waals surface area contributed by atoms with Gasteiger partial charge in [0.05, 0.1) is 24.1 Å². The number of aliphatic imine (C=N–C) groups is 1. The summed E-state index contributed by atoms with van der Waals surface area (Å²) in [4.78, 5) is 9.31. The monoisotopic (exact) mass is 396 g/mol. The van der Waals surface area contributed by atoms with Gasteiger partial charge in [-0.05, 0) is 37.0 Å². The van der Waals surface area contributed by atoms with Crippen LogP contribution in [0.1, 0.15) is 43.0 Å². The topological polar surface area (TPSA) is 67.1 Å². The van der Waals surface area contributed by atoms with Gasteiger partial charge in [0.15, 0.2) is 5.96 Å². The van der Waals surface area contributed by atoms with Crippen molar-refractivity contribution < 1.29 is 0 Å². The average molecular weight is 397 g/mol. The number of guanidine groups is 1. The number of rotatable bonds is 8. The fourth-order valence-electron chi connectivity index (χ4n) is 2.69. The van der Waals surface area contributed by atoms with Crippen LogP contribution in [0.2, 0.25) is 0 Å². The van der Waals surface area contributed by atoms with Crippen LogP contribution in [0, 0.1) is 0 Å². The van der Waals surface area contributed by atoms with Gasteiger partial charge >= 0.3 is 0 Å². The SMILES string of the molecule is CCNC(=NCc1nc(C(C)C)cs1)NCCc1cnn(-c2ccccc2)c1. The van der Waals surface area contributed by atoms with Crippen LogP contribution in [0.5, 0.6) is 0 Å². The lowest BCUT2D eigenvalue weighted by atomic mass is 10.2. The summed E-state index contributed by atoms with van der Waals surface area (Å²) in [6, 6.07) is 10.1. The largest absolute Gasteiger partial charge is 0.357 e. The Balaban J connectivity index is 1.52. The summed E-state index contributed by atoms with van der Waals surface area (Å²) < 4.78 is 1.91. The van der Waals surface area contributed by atoms with Crippen molar-refractivity contribution in [2.75, 3.05) is 13.1 Å². The molecule has 0 atom stereocenters. The Morgan fingerprint density at radius 3 is 2.75 bits per heavy atom. The summed E-state index contributed by atoms with van der Waals surface area (Å²) in [7, 11) is 0. The Morgan fingerprint density at radius 1 is 1.21 bits per heavy atom. The van der Waals surface area contributed by atoms with Gasteiger partial charge in [0.2, 0.25) is 0 Å². The van der Waals surface area contributed by atoms with Crippen LogP contribution >= 0.6 is 11.3 Å². The van der Waals surface area contributed by atoms with Crippen LogP contribution in [0.15, 0.2) is 53.1 Å². The standard InChI is InChI=1S/C21H28N6S/c1-4-22-21(24-13-20-26-19(15-28-20)16(2)3)23-11-10-17-12-25-27(14-17)18-8-6-5-7-9-18/h5-9,12,14-16H,4,10-11,13H2,1-3H3,(H2,22,23,24). The highest BCUT2D eigenvalue weighted by Gasteiger charge is 2.06. The van der Waals surface area contributed by atoms with E-state index >= 15 is 0 Å². The molecule has 0 radical (unpaired) electrons. The van der Waals surface area contributed by atoms with Crippen molar-refractivity contribution in [3.63, 3.8) is 0 Å². The molecule has 2 aromatic heterocycles. The number of thiazole rings is 1. The maximum absolute atomic E-state index is 4.66. The molecule has 148 valence electrons. The van der Waals surface area contributed by atoms with Gasteiger partial charge in [-0.3, -0.25) is 0 Å². The average Bonchev–Trinajstić information content (AvgIpc) is 3.37. The smallest absolute Gasteiger partial charge is 0.191 e. The van der Waals surface area contributed by atoms with E-state index in [1.54, 1.807) is 11.3 Å². The second-order valence-corrected chi connectivity index (χ2v) is 7.76. The Morgan fingerprint density at radius 2 is 2.04 bits per heavy atom. The molecule has 0 aliphatic carbocycles. The fraction of sp³-hybridized carbons (Fsp3) is 0.381. The van der Waals surface area contributed by atoms with Crippen molar-refractivity contribution >= 4 is 17.3 Å². The van der Waals surface area contributed by atoms with Gasteiger partial charge < -0.3 is 10.6 Å². The zero-order valence-electron chi connectivity index (χ0n) is 16.7. The normalized spacial score (nSPS) is 11.8. The summed E-state index contributed by atoms with van der Waals surface area (Å²) in [6.45, 7) is 8.61. The van der Waals surface area contributed by atoms with E-state index in [0.717, 1.165) is 41.9 Å². The van der Waals surface area contributed by atoms with Gasteiger partial charge in [-0.1, -0.05) is 32.0 Å². The van der Waals surface area contributed by atoms with Gasteiger partial charge in [-0.25, -0.2) is 14.7 Å². The number of para-hydroxylation sites is 1. The van der Waals surface area contributed by atoms with Crippen molar-refractivity contribution in [1.29, 1.82) is 0 Å². The molecule has 0 aliphatic rings. The van der Waals surface area contributed by atoms with Gasteiger partial charge in [-0.2, -0.15) is 5.10 Å². The molecule has 1 aromatic carbocycles. The van der Waals surface area contributed by atoms with Gasteiger partial charge in [-0.15, -0.1) is 11.3 Å². The molecule has 2 heterocycles. The molecule has 0 spiro atoms. The molecule has 0 unspecified atom stereocenters. The van der Waals surface area contributed by atoms with Crippen molar-refractivity contribution in [1.82, 2.24) is 25.4 Å². The minimum absolute atomic E-state index is 0.456. The number of hydrogen-bond acceptors (Lipinski definition) is 4. The summed E-state index contributed by atoms with van der Waals surface area (Å²) in [5.41, 5.74) is 3.40.